The predicted molar refractivity (Wildman–Crippen MR) is 105 cm³/mol. The molecule has 0 radical (unpaired) electrons. The van der Waals surface area contributed by atoms with Crippen LogP contribution in [0.1, 0.15) is 37.0 Å². The molecule has 0 saturated heterocycles. The average molecular weight is 370 g/mol. The van der Waals surface area contributed by atoms with Gasteiger partial charge in [-0.1, -0.05) is 26.0 Å². The normalized spacial score (nSPS) is 10.6. The van der Waals surface area contributed by atoms with Gasteiger partial charge in [0.05, 0.1) is 13.3 Å². The van der Waals surface area contributed by atoms with E-state index >= 15 is 0 Å². The highest BCUT2D eigenvalue weighted by Crippen LogP contribution is 2.28. The lowest BCUT2D eigenvalue weighted by Gasteiger charge is -2.16. The molecule has 27 heavy (non-hydrogen) atoms. The molecule has 0 aliphatic heterocycles. The third-order valence-electron chi connectivity index (χ3n) is 4.35. The molecule has 1 aromatic heterocycles. The van der Waals surface area contributed by atoms with Crippen LogP contribution in [0.2, 0.25) is 0 Å². The summed E-state index contributed by atoms with van der Waals surface area (Å²) in [6, 6.07) is 7.09. The Morgan fingerprint density at radius 1 is 1.22 bits per heavy atom. The highest BCUT2D eigenvalue weighted by molar-refractivity contribution is 5.97. The maximum Gasteiger partial charge on any atom is 0.253 e. The molecule has 2 amide bonds. The van der Waals surface area contributed by atoms with E-state index in [1.807, 2.05) is 19.9 Å². The monoisotopic (exact) mass is 370 g/mol. The van der Waals surface area contributed by atoms with E-state index < -0.39 is 0 Å². The van der Waals surface area contributed by atoms with Crippen LogP contribution in [0, 0.1) is 5.92 Å². The number of ether oxygens (including phenoxy) is 1. The zero-order chi connectivity index (χ0) is 20.0. The molecule has 0 atom stereocenters. The minimum Gasteiger partial charge on any atom is -0.480 e. The number of anilines is 1. The van der Waals surface area contributed by atoms with Gasteiger partial charge in [0, 0.05) is 31.1 Å². The molecular weight excluding hydrogens is 344 g/mol. The minimum atomic E-state index is -0.110. The quantitative estimate of drug-likeness (QED) is 0.809. The van der Waals surface area contributed by atoms with Gasteiger partial charge in [0.2, 0.25) is 11.8 Å². The molecular formula is C20H26N4O3. The lowest BCUT2D eigenvalue weighted by Crippen LogP contribution is -2.23. The molecule has 7 heteroatoms. The molecule has 0 spiro atoms. The van der Waals surface area contributed by atoms with Crippen LogP contribution < -0.4 is 10.1 Å². The minimum absolute atomic E-state index is 0.104. The Kier molecular flexibility index (Phi) is 6.87. The fourth-order valence-electron chi connectivity index (χ4n) is 2.71. The average Bonchev–Trinajstić information content (AvgIpc) is 2.68. The predicted octanol–water partition coefficient (Wildman–Crippen LogP) is 3.23. The number of hydrogen-bond acceptors (Lipinski definition) is 5. The van der Waals surface area contributed by atoms with E-state index in [2.05, 4.69) is 15.3 Å². The van der Waals surface area contributed by atoms with Gasteiger partial charge in [-0.05, 0) is 25.0 Å². The van der Waals surface area contributed by atoms with E-state index in [1.54, 1.807) is 32.3 Å². The summed E-state index contributed by atoms with van der Waals surface area (Å²) in [4.78, 5) is 35.1. The number of amides is 2. The van der Waals surface area contributed by atoms with Gasteiger partial charge in [0.1, 0.15) is 5.69 Å². The zero-order valence-electron chi connectivity index (χ0n) is 16.4. The van der Waals surface area contributed by atoms with Crippen LogP contribution in [-0.2, 0) is 4.79 Å². The van der Waals surface area contributed by atoms with Crippen LogP contribution >= 0.6 is 0 Å². The van der Waals surface area contributed by atoms with Crippen LogP contribution in [0.15, 0.2) is 30.5 Å². The number of methoxy groups -OCH3 is 1. The molecule has 2 rings (SSSR count). The summed E-state index contributed by atoms with van der Waals surface area (Å²) >= 11 is 0. The van der Waals surface area contributed by atoms with Crippen molar-refractivity contribution < 1.29 is 14.3 Å². The second-order valence-electron chi connectivity index (χ2n) is 6.39. The summed E-state index contributed by atoms with van der Waals surface area (Å²) in [6.45, 7) is 3.95. The molecule has 1 heterocycles. The van der Waals surface area contributed by atoms with Crippen molar-refractivity contribution in [2.75, 3.05) is 26.5 Å². The molecule has 0 aliphatic rings. The van der Waals surface area contributed by atoms with Crippen molar-refractivity contribution in [3.05, 3.63) is 36.0 Å². The van der Waals surface area contributed by atoms with E-state index in [4.69, 9.17) is 4.74 Å². The van der Waals surface area contributed by atoms with E-state index in [-0.39, 0.29) is 17.7 Å². The number of rotatable bonds is 7. The molecule has 0 bridgehead atoms. The molecule has 144 valence electrons. The number of hydrogen-bond donors (Lipinski definition) is 1. The van der Waals surface area contributed by atoms with Gasteiger partial charge in [-0.25, -0.2) is 4.98 Å². The summed E-state index contributed by atoms with van der Waals surface area (Å²) in [7, 11) is 4.89. The number of nitrogens with one attached hydrogen (secondary N) is 1. The first-order valence-electron chi connectivity index (χ1n) is 8.95. The van der Waals surface area contributed by atoms with Crippen molar-refractivity contribution in [3.63, 3.8) is 0 Å². The summed E-state index contributed by atoms with van der Waals surface area (Å²) in [5.41, 5.74) is 1.72. The molecule has 0 unspecified atom stereocenters. The summed E-state index contributed by atoms with van der Waals surface area (Å²) < 4.78 is 5.15. The molecule has 7 nitrogen and oxygen atoms in total. The number of aromatic nitrogens is 2. The highest BCUT2D eigenvalue weighted by atomic mass is 16.5. The van der Waals surface area contributed by atoms with Crippen LogP contribution in [0.25, 0.3) is 11.3 Å². The number of carbonyl (C=O) groups excluding carboxylic acids is 2. The largest absolute Gasteiger partial charge is 0.480 e. The second-order valence-corrected chi connectivity index (χ2v) is 6.39. The van der Waals surface area contributed by atoms with Gasteiger partial charge in [0.15, 0.2) is 5.82 Å². The third kappa shape index (κ3) is 4.81. The van der Waals surface area contributed by atoms with Crippen molar-refractivity contribution in [1.29, 1.82) is 0 Å². The van der Waals surface area contributed by atoms with Gasteiger partial charge < -0.3 is 15.0 Å². The van der Waals surface area contributed by atoms with Crippen molar-refractivity contribution >= 4 is 17.6 Å². The zero-order valence-corrected chi connectivity index (χ0v) is 16.4. The third-order valence-corrected chi connectivity index (χ3v) is 4.35. The molecule has 1 N–H and O–H groups in total. The van der Waals surface area contributed by atoms with E-state index in [0.717, 1.165) is 12.8 Å². The van der Waals surface area contributed by atoms with Crippen molar-refractivity contribution in [2.45, 2.75) is 26.7 Å². The Bertz CT molecular complexity index is 817. The number of carbonyl (C=O) groups is 2. The smallest absolute Gasteiger partial charge is 0.253 e. The second kappa shape index (κ2) is 9.12. The Morgan fingerprint density at radius 2 is 1.93 bits per heavy atom. The fraction of sp³-hybridized carbons (Fsp3) is 0.400. The van der Waals surface area contributed by atoms with E-state index in [1.165, 1.54) is 18.2 Å². The van der Waals surface area contributed by atoms with Crippen LogP contribution in [0.4, 0.5) is 5.82 Å². The van der Waals surface area contributed by atoms with Crippen LogP contribution in [0.3, 0.4) is 0 Å². The maximum atomic E-state index is 12.5. The van der Waals surface area contributed by atoms with Gasteiger partial charge >= 0.3 is 0 Å². The SMILES string of the molecule is CCC(CC)C(=O)Nc1nc(OC)cnc1-c1cccc(C(=O)N(C)C)c1. The first-order valence-corrected chi connectivity index (χ1v) is 8.95. The molecule has 2 aromatic rings. The first-order chi connectivity index (χ1) is 12.9. The molecule has 0 fully saturated rings. The van der Waals surface area contributed by atoms with Crippen molar-refractivity contribution in [3.8, 4) is 17.1 Å². The van der Waals surface area contributed by atoms with Crippen LogP contribution in [-0.4, -0.2) is 47.9 Å². The van der Waals surface area contributed by atoms with Gasteiger partial charge in [-0.2, -0.15) is 4.98 Å². The van der Waals surface area contributed by atoms with Crippen LogP contribution in [0.5, 0.6) is 5.88 Å². The van der Waals surface area contributed by atoms with Gasteiger partial charge in [-0.3, -0.25) is 9.59 Å². The topological polar surface area (TPSA) is 84.4 Å². The number of benzene rings is 1. The Morgan fingerprint density at radius 3 is 2.52 bits per heavy atom. The number of nitrogens with zero attached hydrogens (tertiary/aromatic N) is 3. The van der Waals surface area contributed by atoms with Crippen molar-refractivity contribution in [1.82, 2.24) is 14.9 Å². The highest BCUT2D eigenvalue weighted by Gasteiger charge is 2.19. The van der Waals surface area contributed by atoms with E-state index in [0.29, 0.717) is 28.5 Å². The summed E-state index contributed by atoms with van der Waals surface area (Å²) in [5.74, 6) is 0.303. The summed E-state index contributed by atoms with van der Waals surface area (Å²) in [6.07, 6.45) is 2.96. The summed E-state index contributed by atoms with van der Waals surface area (Å²) in [5, 5.41) is 2.87. The Hall–Kier alpha value is -2.96. The maximum absolute atomic E-state index is 12.5. The van der Waals surface area contributed by atoms with Gasteiger partial charge in [0.25, 0.3) is 5.91 Å². The first kappa shape index (κ1) is 20.4. The van der Waals surface area contributed by atoms with E-state index in [9.17, 15) is 9.59 Å². The standard InChI is InChI=1S/C20H26N4O3/c1-6-13(7-2)19(25)23-18-17(21-12-16(22-18)27-5)14-9-8-10-15(11-14)20(26)24(3)4/h8-13H,6-7H2,1-5H3,(H,22,23,25). The lowest BCUT2D eigenvalue weighted by molar-refractivity contribution is -0.120. The fourth-order valence-corrected chi connectivity index (χ4v) is 2.71. The molecule has 1 aromatic carbocycles. The Balaban J connectivity index is 2.46. The molecule has 0 aliphatic carbocycles. The lowest BCUT2D eigenvalue weighted by atomic mass is 10.0. The Labute approximate surface area is 159 Å². The molecule has 0 saturated carbocycles. The van der Waals surface area contributed by atoms with Gasteiger partial charge in [-0.15, -0.1) is 0 Å². The van der Waals surface area contributed by atoms with Crippen molar-refractivity contribution in [2.24, 2.45) is 5.92 Å².